The van der Waals surface area contributed by atoms with E-state index >= 15 is 0 Å². The van der Waals surface area contributed by atoms with Crippen molar-refractivity contribution >= 4 is 11.9 Å². The molecular formula is C19H22N2O4. The van der Waals surface area contributed by atoms with Crippen LogP contribution >= 0.6 is 0 Å². The number of aliphatic carboxylic acids is 1. The highest BCUT2D eigenvalue weighted by atomic mass is 16.4. The average molecular weight is 342 g/mol. The Labute approximate surface area is 146 Å². The summed E-state index contributed by atoms with van der Waals surface area (Å²) in [4.78, 5) is 29.6. The number of rotatable bonds is 6. The van der Waals surface area contributed by atoms with Crippen molar-refractivity contribution in [2.45, 2.75) is 44.6 Å². The quantitative estimate of drug-likeness (QED) is 0.872. The molecule has 3 rings (SSSR count). The van der Waals surface area contributed by atoms with Gasteiger partial charge >= 0.3 is 5.97 Å². The number of aryl methyl sites for hydroxylation is 1. The summed E-state index contributed by atoms with van der Waals surface area (Å²) in [5.74, 6) is 0.254. The first-order chi connectivity index (χ1) is 12.0. The summed E-state index contributed by atoms with van der Waals surface area (Å²) in [6, 6.07) is 9.72. The zero-order valence-corrected chi connectivity index (χ0v) is 14.3. The molecule has 132 valence electrons. The zero-order valence-electron chi connectivity index (χ0n) is 14.3. The lowest BCUT2D eigenvalue weighted by atomic mass is 9.99. The monoisotopic (exact) mass is 342 g/mol. The predicted octanol–water partition coefficient (Wildman–Crippen LogP) is 3.13. The maximum Gasteiger partial charge on any atom is 0.329 e. The molecule has 0 spiro atoms. The van der Waals surface area contributed by atoms with Crippen molar-refractivity contribution in [3.8, 4) is 11.3 Å². The summed E-state index contributed by atoms with van der Waals surface area (Å²) in [5.41, 5.74) is -0.104. The molecule has 1 saturated heterocycles. The van der Waals surface area contributed by atoms with Gasteiger partial charge in [0.25, 0.3) is 0 Å². The Hall–Kier alpha value is -2.63. The molecule has 1 atom stereocenters. The number of aromatic nitrogens is 1. The van der Waals surface area contributed by atoms with Gasteiger partial charge in [-0.1, -0.05) is 30.3 Å². The Morgan fingerprint density at radius 2 is 2.08 bits per heavy atom. The fourth-order valence-electron chi connectivity index (χ4n) is 3.27. The highest BCUT2D eigenvalue weighted by Crippen LogP contribution is 2.30. The van der Waals surface area contributed by atoms with E-state index in [0.717, 1.165) is 12.0 Å². The minimum absolute atomic E-state index is 0.114. The number of oxazole rings is 1. The maximum absolute atomic E-state index is 12.4. The molecule has 0 aliphatic carbocycles. The van der Waals surface area contributed by atoms with Crippen LogP contribution in [-0.2, 0) is 16.0 Å². The second kappa shape index (κ2) is 7.09. The van der Waals surface area contributed by atoms with Crippen LogP contribution in [0.4, 0.5) is 0 Å². The number of carbonyl (C=O) groups is 2. The van der Waals surface area contributed by atoms with Gasteiger partial charge in [0.05, 0.1) is 6.20 Å². The fraction of sp³-hybridized carbons (Fsp3) is 0.421. The number of likely N-dealkylation sites (tertiary alicyclic amines) is 1. The lowest BCUT2D eigenvalue weighted by Crippen LogP contribution is -2.50. The molecule has 0 radical (unpaired) electrons. The predicted molar refractivity (Wildman–Crippen MR) is 91.9 cm³/mol. The van der Waals surface area contributed by atoms with Crippen LogP contribution in [0.5, 0.6) is 0 Å². The number of carboxylic acid groups (broad SMARTS) is 1. The summed E-state index contributed by atoms with van der Waals surface area (Å²) in [7, 11) is 0. The summed E-state index contributed by atoms with van der Waals surface area (Å²) in [6.45, 7) is 2.14. The Balaban J connectivity index is 1.54. The molecule has 1 aromatic heterocycles. The smallest absolute Gasteiger partial charge is 0.329 e. The molecule has 1 aliphatic heterocycles. The molecule has 1 aliphatic rings. The number of benzene rings is 1. The highest BCUT2D eigenvalue weighted by Gasteiger charge is 2.45. The zero-order chi connectivity index (χ0) is 17.9. The van der Waals surface area contributed by atoms with Gasteiger partial charge in [0, 0.05) is 24.9 Å². The van der Waals surface area contributed by atoms with Gasteiger partial charge in [-0.3, -0.25) is 4.79 Å². The van der Waals surface area contributed by atoms with E-state index in [2.05, 4.69) is 4.98 Å². The molecule has 2 heterocycles. The highest BCUT2D eigenvalue weighted by molar-refractivity contribution is 5.87. The normalized spacial score (nSPS) is 20.0. The van der Waals surface area contributed by atoms with Crippen LogP contribution in [-0.4, -0.2) is 39.0 Å². The van der Waals surface area contributed by atoms with Crippen molar-refractivity contribution in [1.82, 2.24) is 9.88 Å². The molecule has 6 heteroatoms. The van der Waals surface area contributed by atoms with E-state index < -0.39 is 11.5 Å². The molecule has 6 nitrogen and oxygen atoms in total. The molecule has 1 aromatic carbocycles. The van der Waals surface area contributed by atoms with Crippen LogP contribution < -0.4 is 0 Å². The van der Waals surface area contributed by atoms with Crippen LogP contribution in [0.25, 0.3) is 11.3 Å². The Morgan fingerprint density at radius 1 is 1.32 bits per heavy atom. The van der Waals surface area contributed by atoms with Crippen LogP contribution in [0.1, 0.15) is 38.5 Å². The minimum atomic E-state index is -1.07. The molecular weight excluding hydrogens is 320 g/mol. The van der Waals surface area contributed by atoms with E-state index in [1.54, 1.807) is 13.1 Å². The lowest BCUT2D eigenvalue weighted by molar-refractivity contribution is -0.155. The molecule has 1 unspecified atom stereocenters. The van der Waals surface area contributed by atoms with Crippen LogP contribution in [0.3, 0.4) is 0 Å². The summed E-state index contributed by atoms with van der Waals surface area (Å²) < 4.78 is 5.73. The molecule has 1 amide bonds. The van der Waals surface area contributed by atoms with Crippen molar-refractivity contribution < 1.29 is 19.1 Å². The van der Waals surface area contributed by atoms with Crippen molar-refractivity contribution in [3.05, 3.63) is 42.4 Å². The first-order valence-electron chi connectivity index (χ1n) is 8.55. The SMILES string of the molecule is CC1(C(=O)O)CCCN1C(=O)CCCc1ncc(-c2ccccc2)o1. The summed E-state index contributed by atoms with van der Waals surface area (Å²) in [5, 5.41) is 9.39. The Morgan fingerprint density at radius 3 is 2.80 bits per heavy atom. The molecule has 25 heavy (non-hydrogen) atoms. The van der Waals surface area contributed by atoms with Gasteiger partial charge < -0.3 is 14.4 Å². The van der Waals surface area contributed by atoms with Gasteiger partial charge in [-0.2, -0.15) is 0 Å². The number of carboxylic acids is 1. The topological polar surface area (TPSA) is 83.6 Å². The first kappa shape index (κ1) is 17.2. The largest absolute Gasteiger partial charge is 0.480 e. The summed E-state index contributed by atoms with van der Waals surface area (Å²) in [6.07, 6.45) is 4.36. The van der Waals surface area contributed by atoms with E-state index in [4.69, 9.17) is 4.42 Å². The Bertz CT molecular complexity index is 756. The number of hydrogen-bond donors (Lipinski definition) is 1. The van der Waals surface area contributed by atoms with Gasteiger partial charge in [-0.25, -0.2) is 9.78 Å². The Kier molecular flexibility index (Phi) is 4.88. The molecule has 0 bridgehead atoms. The van der Waals surface area contributed by atoms with E-state index in [-0.39, 0.29) is 5.91 Å². The third-order valence-electron chi connectivity index (χ3n) is 4.80. The van der Waals surface area contributed by atoms with E-state index in [0.29, 0.717) is 43.9 Å². The third kappa shape index (κ3) is 3.57. The van der Waals surface area contributed by atoms with Crippen molar-refractivity contribution in [2.75, 3.05) is 6.54 Å². The van der Waals surface area contributed by atoms with Gasteiger partial charge in [0.15, 0.2) is 11.7 Å². The van der Waals surface area contributed by atoms with Crippen LogP contribution in [0, 0.1) is 0 Å². The molecule has 0 saturated carbocycles. The van der Waals surface area contributed by atoms with Crippen molar-refractivity contribution in [2.24, 2.45) is 0 Å². The number of amides is 1. The standard InChI is InChI=1S/C19H22N2O4/c1-19(18(23)24)11-6-12-21(19)17(22)10-5-9-16-20-13-15(25-16)14-7-3-2-4-8-14/h2-4,7-8,13H,5-6,9-12H2,1H3,(H,23,24). The first-order valence-corrected chi connectivity index (χ1v) is 8.55. The van der Waals surface area contributed by atoms with Gasteiger partial charge in [-0.15, -0.1) is 0 Å². The fourth-order valence-corrected chi connectivity index (χ4v) is 3.27. The summed E-state index contributed by atoms with van der Waals surface area (Å²) >= 11 is 0. The van der Waals surface area contributed by atoms with E-state index in [1.165, 1.54) is 4.90 Å². The van der Waals surface area contributed by atoms with E-state index in [9.17, 15) is 14.7 Å². The van der Waals surface area contributed by atoms with E-state index in [1.807, 2.05) is 30.3 Å². The molecule has 1 N–H and O–H groups in total. The lowest BCUT2D eigenvalue weighted by Gasteiger charge is -2.31. The maximum atomic E-state index is 12.4. The molecule has 2 aromatic rings. The van der Waals surface area contributed by atoms with Gasteiger partial charge in [-0.05, 0) is 26.2 Å². The second-order valence-corrected chi connectivity index (χ2v) is 6.57. The van der Waals surface area contributed by atoms with Gasteiger partial charge in [0.1, 0.15) is 5.54 Å². The van der Waals surface area contributed by atoms with Crippen LogP contribution in [0.2, 0.25) is 0 Å². The molecule has 1 fully saturated rings. The third-order valence-corrected chi connectivity index (χ3v) is 4.80. The van der Waals surface area contributed by atoms with Gasteiger partial charge in [0.2, 0.25) is 5.91 Å². The average Bonchev–Trinajstić information content (AvgIpc) is 3.23. The number of nitrogens with zero attached hydrogens (tertiary/aromatic N) is 2. The number of carbonyl (C=O) groups excluding carboxylic acids is 1. The van der Waals surface area contributed by atoms with Crippen LogP contribution in [0.15, 0.2) is 40.9 Å². The minimum Gasteiger partial charge on any atom is -0.480 e. The van der Waals surface area contributed by atoms with Crippen molar-refractivity contribution in [3.63, 3.8) is 0 Å². The second-order valence-electron chi connectivity index (χ2n) is 6.57. The van der Waals surface area contributed by atoms with Crippen molar-refractivity contribution in [1.29, 1.82) is 0 Å². The number of hydrogen-bond acceptors (Lipinski definition) is 4.